The van der Waals surface area contributed by atoms with Crippen molar-refractivity contribution in [2.24, 2.45) is 10.9 Å². The lowest BCUT2D eigenvalue weighted by atomic mass is 9.87. The number of hydrazone groups is 1. The van der Waals surface area contributed by atoms with Gasteiger partial charge < -0.3 is 11.2 Å². The van der Waals surface area contributed by atoms with Crippen molar-refractivity contribution in [3.63, 3.8) is 0 Å². The fraction of sp³-hybridized carbons (Fsp3) is 0.333. The first kappa shape index (κ1) is 17.0. The number of thiophene rings is 1. The van der Waals surface area contributed by atoms with Crippen LogP contribution in [-0.2, 0) is 6.42 Å². The van der Waals surface area contributed by atoms with Gasteiger partial charge in [-0.15, -0.1) is 24.0 Å². The Morgan fingerprint density at radius 1 is 1.46 bits per heavy atom. The average Bonchev–Trinajstić information content (AvgIpc) is 2.90. The Balaban J connectivity index is 2.01. The first-order valence-electron chi connectivity index (χ1n) is 7.97. The van der Waals surface area contributed by atoms with Crippen LogP contribution < -0.4 is 11.2 Å². The lowest BCUT2D eigenvalue weighted by molar-refractivity contribution is 0.0929. The zero-order valence-corrected chi connectivity index (χ0v) is 15.5. The zero-order valence-electron chi connectivity index (χ0n) is 13.8. The molecule has 4 nitrogen and oxygen atoms in total. The van der Waals surface area contributed by atoms with E-state index in [0.717, 1.165) is 33.9 Å². The summed E-state index contributed by atoms with van der Waals surface area (Å²) in [6.45, 7) is 4.06. The summed E-state index contributed by atoms with van der Waals surface area (Å²) in [5.41, 5.74) is 5.02. The number of nitrogens with two attached hydrogens (primary N) is 1. The van der Waals surface area contributed by atoms with E-state index in [9.17, 15) is 4.79 Å². The Morgan fingerprint density at radius 3 is 2.88 bits per heavy atom. The summed E-state index contributed by atoms with van der Waals surface area (Å²) in [4.78, 5) is 13.6. The maximum absolute atomic E-state index is 12.6. The van der Waals surface area contributed by atoms with Crippen LogP contribution in [0.15, 0.2) is 44.8 Å². The molecule has 24 heavy (non-hydrogen) atoms. The van der Waals surface area contributed by atoms with Crippen molar-refractivity contribution in [1.29, 1.82) is 0 Å². The number of thiol groups is 1. The van der Waals surface area contributed by atoms with Crippen LogP contribution in [0, 0.1) is 0 Å². The Labute approximate surface area is 151 Å². The van der Waals surface area contributed by atoms with Gasteiger partial charge in [-0.3, -0.25) is 4.79 Å². The molecule has 0 aromatic carbocycles. The van der Waals surface area contributed by atoms with Crippen LogP contribution in [0.5, 0.6) is 0 Å². The topological polar surface area (TPSA) is 67.5 Å². The highest BCUT2D eigenvalue weighted by atomic mass is 32.2. The molecule has 1 aromatic heterocycles. The fourth-order valence-electron chi connectivity index (χ4n) is 3.18. The number of fused-ring (bicyclic) bond motifs is 1. The summed E-state index contributed by atoms with van der Waals surface area (Å²) in [6.07, 6.45) is 10.8. The van der Waals surface area contributed by atoms with Crippen LogP contribution >= 0.6 is 24.0 Å². The predicted octanol–water partition coefficient (Wildman–Crippen LogP) is 3.60. The lowest BCUT2D eigenvalue weighted by Gasteiger charge is -2.28. The van der Waals surface area contributed by atoms with Crippen LogP contribution in [0.4, 0.5) is 0 Å². The summed E-state index contributed by atoms with van der Waals surface area (Å²) in [5.74, 6) is 5.50. The molecule has 126 valence electrons. The molecular weight excluding hydrogens is 338 g/mol. The number of carbonyl (C=O) groups is 1. The fourth-order valence-corrected chi connectivity index (χ4v) is 4.74. The van der Waals surface area contributed by atoms with Gasteiger partial charge in [-0.2, -0.15) is 5.10 Å². The van der Waals surface area contributed by atoms with E-state index in [2.05, 4.69) is 42.1 Å². The van der Waals surface area contributed by atoms with Gasteiger partial charge in [-0.05, 0) is 50.3 Å². The quantitative estimate of drug-likeness (QED) is 0.334. The van der Waals surface area contributed by atoms with Crippen LogP contribution in [0.3, 0.4) is 0 Å². The molecule has 0 fully saturated rings. The first-order valence-corrected chi connectivity index (χ1v) is 9.24. The number of allylic oxidation sites excluding steroid dienone is 5. The molecule has 1 amide bonds. The summed E-state index contributed by atoms with van der Waals surface area (Å²) in [7, 11) is 0. The maximum atomic E-state index is 12.6. The Bertz CT molecular complexity index is 799. The molecule has 0 radical (unpaired) electrons. The highest BCUT2D eigenvalue weighted by Gasteiger charge is 2.33. The maximum Gasteiger partial charge on any atom is 0.254 e. The molecule has 2 heterocycles. The second kappa shape index (κ2) is 6.99. The summed E-state index contributed by atoms with van der Waals surface area (Å²) in [5, 5.41) is 7.02. The third-order valence-electron chi connectivity index (χ3n) is 4.46. The van der Waals surface area contributed by atoms with Gasteiger partial charge in [0.2, 0.25) is 0 Å². The van der Waals surface area contributed by atoms with Crippen molar-refractivity contribution < 1.29 is 4.79 Å². The van der Waals surface area contributed by atoms with Crippen molar-refractivity contribution in [2.45, 2.75) is 43.4 Å². The normalized spacial score (nSPS) is 21.4. The summed E-state index contributed by atoms with van der Waals surface area (Å²) >= 11 is 5.96. The van der Waals surface area contributed by atoms with Crippen LogP contribution in [0.1, 0.15) is 47.5 Å². The zero-order chi connectivity index (χ0) is 17.3. The highest BCUT2D eigenvalue weighted by molar-refractivity contribution is 7.83. The molecule has 1 unspecified atom stereocenters. The second-order valence-corrected chi connectivity index (χ2v) is 7.86. The lowest BCUT2D eigenvalue weighted by Crippen LogP contribution is -2.42. The molecule has 1 atom stereocenters. The number of nitrogens with one attached hydrogen (secondary N) is 1. The minimum absolute atomic E-state index is 0.0278. The molecule has 3 N–H and O–H groups in total. The molecule has 1 aromatic rings. The molecule has 2 aliphatic rings. The van der Waals surface area contributed by atoms with Crippen LogP contribution in [0.25, 0.3) is 0 Å². The van der Waals surface area contributed by atoms with Crippen molar-refractivity contribution in [3.05, 3.63) is 51.5 Å². The highest BCUT2D eigenvalue weighted by Crippen LogP contribution is 2.37. The molecule has 1 aliphatic carbocycles. The summed E-state index contributed by atoms with van der Waals surface area (Å²) < 4.78 is 0.718. The standard InChI is InChI=1S/C18H21N3OS2/c1-3-4-13(21-19)16-12-9-14(11-7-5-10(2)6-8-11)20-17(22)15(12)18(23)24-16/h3-5,7,14,23H,6,8-9,19H2,1-2H3,(H,20,22)/b4-3-,21-13+. The molecule has 6 heteroatoms. The van der Waals surface area contributed by atoms with E-state index in [1.807, 2.05) is 19.1 Å². The third kappa shape index (κ3) is 3.08. The number of hydrogen-bond acceptors (Lipinski definition) is 5. The SMILES string of the molecule is C/C=C\C(=N/N)c1sc(S)c2c1CC(C1=CC=C(C)CC1)NC2=O. The monoisotopic (exact) mass is 359 g/mol. The molecule has 0 saturated heterocycles. The van der Waals surface area contributed by atoms with Gasteiger partial charge in [0.1, 0.15) is 0 Å². The Hall–Kier alpha value is -1.79. The van der Waals surface area contributed by atoms with Gasteiger partial charge in [-0.1, -0.05) is 23.8 Å². The minimum atomic E-state index is -0.0576. The van der Waals surface area contributed by atoms with Gasteiger partial charge in [0.25, 0.3) is 5.91 Å². The molecule has 1 aliphatic heterocycles. The largest absolute Gasteiger partial charge is 0.345 e. The van der Waals surface area contributed by atoms with Gasteiger partial charge in [0.05, 0.1) is 26.4 Å². The predicted molar refractivity (Wildman–Crippen MR) is 103 cm³/mol. The number of carbonyl (C=O) groups excluding carboxylic acids is 1. The summed E-state index contributed by atoms with van der Waals surface area (Å²) in [6, 6.07) is 0.0278. The van der Waals surface area contributed by atoms with E-state index in [1.54, 1.807) is 0 Å². The molecule has 3 rings (SSSR count). The molecule has 0 bridgehead atoms. The van der Waals surface area contributed by atoms with E-state index in [4.69, 9.17) is 5.84 Å². The third-order valence-corrected chi connectivity index (χ3v) is 6.02. The Morgan fingerprint density at radius 2 is 2.25 bits per heavy atom. The van der Waals surface area contributed by atoms with Gasteiger partial charge in [0.15, 0.2) is 0 Å². The van der Waals surface area contributed by atoms with E-state index in [-0.39, 0.29) is 11.9 Å². The van der Waals surface area contributed by atoms with Gasteiger partial charge in [0, 0.05) is 0 Å². The molecule has 0 saturated carbocycles. The van der Waals surface area contributed by atoms with E-state index < -0.39 is 0 Å². The molecular formula is C18H21N3OS2. The van der Waals surface area contributed by atoms with Crippen LogP contribution in [-0.4, -0.2) is 17.7 Å². The Kier molecular flexibility index (Phi) is 4.96. The number of nitrogens with zero attached hydrogens (tertiary/aromatic N) is 1. The van der Waals surface area contributed by atoms with Crippen molar-refractivity contribution in [3.8, 4) is 0 Å². The van der Waals surface area contributed by atoms with E-state index in [0.29, 0.717) is 11.3 Å². The van der Waals surface area contributed by atoms with E-state index in [1.165, 1.54) is 22.5 Å². The average molecular weight is 360 g/mol. The second-order valence-electron chi connectivity index (χ2n) is 6.09. The number of hydrogen-bond donors (Lipinski definition) is 3. The van der Waals surface area contributed by atoms with Crippen molar-refractivity contribution in [2.75, 3.05) is 0 Å². The first-order chi connectivity index (χ1) is 11.5. The van der Waals surface area contributed by atoms with Crippen molar-refractivity contribution in [1.82, 2.24) is 5.32 Å². The smallest absolute Gasteiger partial charge is 0.254 e. The number of amides is 1. The van der Waals surface area contributed by atoms with Crippen molar-refractivity contribution >= 4 is 35.6 Å². The minimum Gasteiger partial charge on any atom is -0.345 e. The van der Waals surface area contributed by atoms with Crippen LogP contribution in [0.2, 0.25) is 0 Å². The van der Waals surface area contributed by atoms with E-state index >= 15 is 0 Å². The number of rotatable bonds is 3. The molecule has 0 spiro atoms. The van der Waals surface area contributed by atoms with Gasteiger partial charge in [-0.25, -0.2) is 0 Å². The van der Waals surface area contributed by atoms with Gasteiger partial charge >= 0.3 is 0 Å².